The highest BCUT2D eigenvalue weighted by molar-refractivity contribution is 7.09. The summed E-state index contributed by atoms with van der Waals surface area (Å²) in [6.07, 6.45) is 0. The van der Waals surface area contributed by atoms with E-state index in [1.54, 1.807) is 11.3 Å². The third kappa shape index (κ3) is 2.36. The number of pyridine rings is 1. The SMILES string of the molecule is Cc1nc(-c2ccc3[nH]c(O)c(-c4ccc5ccccc5n4)c3c2)cs1. The molecule has 3 aromatic heterocycles. The van der Waals surface area contributed by atoms with E-state index in [9.17, 15) is 5.11 Å². The monoisotopic (exact) mass is 357 g/mol. The van der Waals surface area contributed by atoms with E-state index in [2.05, 4.69) is 21.4 Å². The molecule has 126 valence electrons. The number of H-pyrrole nitrogens is 1. The van der Waals surface area contributed by atoms with Crippen molar-refractivity contribution in [1.29, 1.82) is 0 Å². The Hall–Kier alpha value is -3.18. The Morgan fingerprint density at radius 1 is 0.962 bits per heavy atom. The van der Waals surface area contributed by atoms with Crippen LogP contribution in [0, 0.1) is 6.92 Å². The minimum atomic E-state index is 0.134. The van der Waals surface area contributed by atoms with Crippen molar-refractivity contribution in [2.75, 3.05) is 0 Å². The highest BCUT2D eigenvalue weighted by Crippen LogP contribution is 2.38. The van der Waals surface area contributed by atoms with E-state index in [0.29, 0.717) is 0 Å². The maximum atomic E-state index is 10.5. The lowest BCUT2D eigenvalue weighted by atomic mass is 10.0. The van der Waals surface area contributed by atoms with E-state index >= 15 is 0 Å². The van der Waals surface area contributed by atoms with Crippen LogP contribution in [0.2, 0.25) is 0 Å². The second-order valence-electron chi connectivity index (χ2n) is 6.25. The van der Waals surface area contributed by atoms with Crippen molar-refractivity contribution in [2.24, 2.45) is 0 Å². The van der Waals surface area contributed by atoms with Gasteiger partial charge in [0.05, 0.1) is 27.5 Å². The van der Waals surface area contributed by atoms with Gasteiger partial charge in [-0.05, 0) is 31.2 Å². The first-order valence-corrected chi connectivity index (χ1v) is 9.20. The van der Waals surface area contributed by atoms with Crippen molar-refractivity contribution in [3.05, 3.63) is 65.0 Å². The molecule has 2 N–H and O–H groups in total. The summed E-state index contributed by atoms with van der Waals surface area (Å²) in [7, 11) is 0. The number of aromatic nitrogens is 3. The van der Waals surface area contributed by atoms with E-state index in [1.807, 2.05) is 55.5 Å². The fraction of sp³-hybridized carbons (Fsp3) is 0.0476. The summed E-state index contributed by atoms with van der Waals surface area (Å²) in [6, 6.07) is 18.0. The molecule has 5 aromatic rings. The molecule has 0 saturated heterocycles. The number of nitrogens with one attached hydrogen (secondary N) is 1. The van der Waals surface area contributed by atoms with Crippen molar-refractivity contribution in [1.82, 2.24) is 15.0 Å². The zero-order chi connectivity index (χ0) is 17.7. The van der Waals surface area contributed by atoms with Crippen molar-refractivity contribution in [3.8, 4) is 28.4 Å². The normalized spacial score (nSPS) is 11.4. The molecule has 0 aliphatic heterocycles. The third-order valence-corrected chi connectivity index (χ3v) is 5.32. The molecule has 0 fully saturated rings. The summed E-state index contributed by atoms with van der Waals surface area (Å²) < 4.78 is 0. The molecule has 0 unspecified atom stereocenters. The first-order chi connectivity index (χ1) is 12.7. The first kappa shape index (κ1) is 15.1. The van der Waals surface area contributed by atoms with Gasteiger partial charge in [-0.25, -0.2) is 9.97 Å². The Labute approximate surface area is 153 Å². The standard InChI is InChI=1S/C21H15N3OS/c1-12-22-19(11-26-12)14-7-8-17-15(10-14)20(21(25)24-17)18-9-6-13-4-2-3-5-16(13)23-18/h2-11,24-25H,1H3. The number of para-hydroxylation sites is 1. The zero-order valence-electron chi connectivity index (χ0n) is 14.0. The molecule has 0 aliphatic rings. The van der Waals surface area contributed by atoms with Gasteiger partial charge in [-0.2, -0.15) is 0 Å². The van der Waals surface area contributed by atoms with Gasteiger partial charge in [0.2, 0.25) is 0 Å². The minimum Gasteiger partial charge on any atom is -0.494 e. The number of aryl methyl sites for hydroxylation is 1. The highest BCUT2D eigenvalue weighted by Gasteiger charge is 2.16. The Balaban J connectivity index is 1.74. The number of nitrogens with zero attached hydrogens (tertiary/aromatic N) is 2. The van der Waals surface area contributed by atoms with Gasteiger partial charge in [-0.3, -0.25) is 0 Å². The topological polar surface area (TPSA) is 61.8 Å². The molecule has 0 saturated carbocycles. The molecule has 0 aliphatic carbocycles. The van der Waals surface area contributed by atoms with E-state index in [4.69, 9.17) is 4.98 Å². The number of hydrogen-bond donors (Lipinski definition) is 2. The lowest BCUT2D eigenvalue weighted by Crippen LogP contribution is -1.85. The van der Waals surface area contributed by atoms with Crippen LogP contribution < -0.4 is 0 Å². The van der Waals surface area contributed by atoms with Gasteiger partial charge < -0.3 is 10.1 Å². The van der Waals surface area contributed by atoms with Crippen LogP contribution in [0.25, 0.3) is 44.3 Å². The zero-order valence-corrected chi connectivity index (χ0v) is 14.8. The fourth-order valence-electron chi connectivity index (χ4n) is 3.30. The molecular formula is C21H15N3OS. The third-order valence-electron chi connectivity index (χ3n) is 4.55. The van der Waals surface area contributed by atoms with Gasteiger partial charge >= 0.3 is 0 Å². The Bertz CT molecular complexity index is 1270. The average Bonchev–Trinajstić information content (AvgIpc) is 3.23. The number of hydrogen-bond acceptors (Lipinski definition) is 4. The van der Waals surface area contributed by atoms with Gasteiger partial charge in [0.15, 0.2) is 5.88 Å². The summed E-state index contributed by atoms with van der Waals surface area (Å²) >= 11 is 1.63. The largest absolute Gasteiger partial charge is 0.494 e. The van der Waals surface area contributed by atoms with Crippen LogP contribution in [0.5, 0.6) is 5.88 Å². The predicted molar refractivity (Wildman–Crippen MR) is 107 cm³/mol. The van der Waals surface area contributed by atoms with E-state index in [0.717, 1.165) is 49.3 Å². The van der Waals surface area contributed by atoms with Gasteiger partial charge in [-0.15, -0.1) is 11.3 Å². The van der Waals surface area contributed by atoms with Crippen molar-refractivity contribution in [3.63, 3.8) is 0 Å². The maximum absolute atomic E-state index is 10.5. The quantitative estimate of drug-likeness (QED) is 0.437. The number of rotatable bonds is 2. The van der Waals surface area contributed by atoms with E-state index in [1.165, 1.54) is 0 Å². The minimum absolute atomic E-state index is 0.134. The van der Waals surface area contributed by atoms with Crippen LogP contribution in [0.15, 0.2) is 60.0 Å². The number of fused-ring (bicyclic) bond motifs is 2. The number of aromatic hydroxyl groups is 1. The lowest BCUT2D eigenvalue weighted by molar-refractivity contribution is 0.460. The number of benzene rings is 2. The van der Waals surface area contributed by atoms with Crippen molar-refractivity contribution in [2.45, 2.75) is 6.92 Å². The van der Waals surface area contributed by atoms with E-state index < -0.39 is 0 Å². The molecular weight excluding hydrogens is 342 g/mol. The van der Waals surface area contributed by atoms with Gasteiger partial charge in [0, 0.05) is 27.2 Å². The summed E-state index contributed by atoms with van der Waals surface area (Å²) in [5.41, 5.74) is 5.24. The Morgan fingerprint density at radius 2 is 1.85 bits per heavy atom. The van der Waals surface area contributed by atoms with Crippen molar-refractivity contribution < 1.29 is 5.11 Å². The smallest absolute Gasteiger partial charge is 0.199 e. The second kappa shape index (κ2) is 5.68. The first-order valence-electron chi connectivity index (χ1n) is 8.32. The van der Waals surface area contributed by atoms with Crippen LogP contribution in [0.1, 0.15) is 5.01 Å². The van der Waals surface area contributed by atoms with Crippen LogP contribution in [0.3, 0.4) is 0 Å². The van der Waals surface area contributed by atoms with Gasteiger partial charge in [-0.1, -0.05) is 30.3 Å². The summed E-state index contributed by atoms with van der Waals surface area (Å²) in [5, 5.41) is 15.6. The van der Waals surface area contributed by atoms with Crippen molar-refractivity contribution >= 4 is 33.1 Å². The Morgan fingerprint density at radius 3 is 2.69 bits per heavy atom. The molecule has 5 rings (SSSR count). The molecule has 0 bridgehead atoms. The highest BCUT2D eigenvalue weighted by atomic mass is 32.1. The molecule has 2 aromatic carbocycles. The number of thiazole rings is 1. The van der Waals surface area contributed by atoms with Gasteiger partial charge in [0.25, 0.3) is 0 Å². The summed E-state index contributed by atoms with van der Waals surface area (Å²) in [4.78, 5) is 12.4. The van der Waals surface area contributed by atoms with Crippen LogP contribution in [0.4, 0.5) is 0 Å². The van der Waals surface area contributed by atoms with Crippen LogP contribution >= 0.6 is 11.3 Å². The molecule has 4 nitrogen and oxygen atoms in total. The molecule has 3 heterocycles. The molecule has 0 atom stereocenters. The molecule has 0 amide bonds. The average molecular weight is 357 g/mol. The second-order valence-corrected chi connectivity index (χ2v) is 7.31. The summed E-state index contributed by atoms with van der Waals surface area (Å²) in [5.74, 6) is 0.134. The number of aromatic amines is 1. The lowest BCUT2D eigenvalue weighted by Gasteiger charge is -2.04. The fourth-order valence-corrected chi connectivity index (χ4v) is 3.92. The maximum Gasteiger partial charge on any atom is 0.199 e. The Kier molecular flexibility index (Phi) is 3.30. The summed E-state index contributed by atoms with van der Waals surface area (Å²) in [6.45, 7) is 2.00. The molecule has 26 heavy (non-hydrogen) atoms. The molecule has 0 spiro atoms. The molecule has 0 radical (unpaired) electrons. The van der Waals surface area contributed by atoms with E-state index in [-0.39, 0.29) is 5.88 Å². The van der Waals surface area contributed by atoms with Crippen LogP contribution in [-0.2, 0) is 0 Å². The molecule has 5 heteroatoms. The van der Waals surface area contributed by atoms with Gasteiger partial charge in [0.1, 0.15) is 0 Å². The van der Waals surface area contributed by atoms with Crippen LogP contribution in [-0.4, -0.2) is 20.1 Å². The predicted octanol–water partition coefficient (Wildman–Crippen LogP) is 5.52.